The predicted octanol–water partition coefficient (Wildman–Crippen LogP) is 1.36. The number of nitrogens with two attached hydrogens (primary N) is 1. The van der Waals surface area contributed by atoms with Crippen LogP contribution in [0.2, 0.25) is 0 Å². The molecule has 0 saturated carbocycles. The lowest BCUT2D eigenvalue weighted by Crippen LogP contribution is -2.19. The van der Waals surface area contributed by atoms with Crippen LogP contribution in [-0.2, 0) is 4.74 Å². The van der Waals surface area contributed by atoms with Crippen molar-refractivity contribution in [3.8, 4) is 0 Å². The molecule has 0 aromatic carbocycles. The molecule has 2 aromatic rings. The summed E-state index contributed by atoms with van der Waals surface area (Å²) < 4.78 is 7.55. The van der Waals surface area contributed by atoms with E-state index in [2.05, 4.69) is 14.5 Å². The summed E-state index contributed by atoms with van der Waals surface area (Å²) in [6, 6.07) is 2.46. The van der Waals surface area contributed by atoms with Crippen molar-refractivity contribution in [3.63, 3.8) is 0 Å². The minimum atomic E-state index is 0.473. The standard InChI is InChI=1S/C11H14N4O/c12-10-9-1-4-15(11(9)14-7-13-10)8-2-5-16-6-3-8/h1,4,7-8H,2-3,5-6H2,(H2,12,13,14). The first kappa shape index (κ1) is 9.59. The maximum atomic E-state index is 5.81. The number of nitrogens with zero attached hydrogens (tertiary/aromatic N) is 3. The van der Waals surface area contributed by atoms with Crippen LogP contribution in [-0.4, -0.2) is 27.7 Å². The molecule has 84 valence electrons. The molecule has 3 rings (SSSR count). The molecule has 5 nitrogen and oxygen atoms in total. The van der Waals surface area contributed by atoms with Crippen molar-refractivity contribution in [2.24, 2.45) is 0 Å². The highest BCUT2D eigenvalue weighted by Crippen LogP contribution is 2.27. The van der Waals surface area contributed by atoms with Crippen LogP contribution in [0.5, 0.6) is 0 Å². The monoisotopic (exact) mass is 218 g/mol. The molecule has 0 aliphatic carbocycles. The first-order chi connectivity index (χ1) is 7.86. The van der Waals surface area contributed by atoms with Crippen LogP contribution >= 0.6 is 0 Å². The molecule has 1 aliphatic rings. The number of hydrogen-bond donors (Lipinski definition) is 1. The van der Waals surface area contributed by atoms with Gasteiger partial charge in [-0.15, -0.1) is 0 Å². The summed E-state index contributed by atoms with van der Waals surface area (Å²) in [6.45, 7) is 1.65. The van der Waals surface area contributed by atoms with Crippen LogP contribution in [0, 0.1) is 0 Å². The van der Waals surface area contributed by atoms with Crippen molar-refractivity contribution in [1.82, 2.24) is 14.5 Å². The molecule has 0 radical (unpaired) electrons. The van der Waals surface area contributed by atoms with Gasteiger partial charge in [0.1, 0.15) is 17.8 Å². The maximum absolute atomic E-state index is 5.81. The van der Waals surface area contributed by atoms with E-state index in [0.717, 1.165) is 37.1 Å². The third-order valence-electron chi connectivity index (χ3n) is 3.12. The largest absolute Gasteiger partial charge is 0.383 e. The van der Waals surface area contributed by atoms with Crippen LogP contribution in [0.1, 0.15) is 18.9 Å². The molecule has 0 atom stereocenters. The van der Waals surface area contributed by atoms with Crippen LogP contribution in [0.3, 0.4) is 0 Å². The summed E-state index contributed by atoms with van der Waals surface area (Å²) >= 11 is 0. The van der Waals surface area contributed by atoms with Crippen molar-refractivity contribution >= 4 is 16.9 Å². The van der Waals surface area contributed by atoms with Gasteiger partial charge in [0, 0.05) is 25.5 Å². The minimum absolute atomic E-state index is 0.473. The van der Waals surface area contributed by atoms with E-state index in [-0.39, 0.29) is 0 Å². The van der Waals surface area contributed by atoms with Crippen molar-refractivity contribution in [2.75, 3.05) is 18.9 Å². The normalized spacial score (nSPS) is 18.0. The Morgan fingerprint density at radius 1 is 1.31 bits per heavy atom. The summed E-state index contributed by atoms with van der Waals surface area (Å²) in [6.07, 6.45) is 5.64. The summed E-state index contributed by atoms with van der Waals surface area (Å²) in [5.41, 5.74) is 6.74. The minimum Gasteiger partial charge on any atom is -0.383 e. The second kappa shape index (κ2) is 3.75. The molecule has 5 heteroatoms. The van der Waals surface area contributed by atoms with Gasteiger partial charge in [-0.3, -0.25) is 0 Å². The highest BCUT2D eigenvalue weighted by Gasteiger charge is 2.18. The van der Waals surface area contributed by atoms with Crippen LogP contribution < -0.4 is 5.73 Å². The zero-order chi connectivity index (χ0) is 11.0. The molecule has 0 amide bonds. The van der Waals surface area contributed by atoms with Crippen molar-refractivity contribution in [1.29, 1.82) is 0 Å². The number of anilines is 1. The van der Waals surface area contributed by atoms with E-state index in [1.807, 2.05) is 12.3 Å². The van der Waals surface area contributed by atoms with E-state index >= 15 is 0 Å². The van der Waals surface area contributed by atoms with Crippen molar-refractivity contribution in [3.05, 3.63) is 18.6 Å². The number of nitrogen functional groups attached to an aromatic ring is 1. The first-order valence-corrected chi connectivity index (χ1v) is 5.51. The lowest BCUT2D eigenvalue weighted by atomic mass is 10.1. The maximum Gasteiger partial charge on any atom is 0.145 e. The Balaban J connectivity index is 2.06. The van der Waals surface area contributed by atoms with Crippen molar-refractivity contribution in [2.45, 2.75) is 18.9 Å². The fraction of sp³-hybridized carbons (Fsp3) is 0.455. The van der Waals surface area contributed by atoms with Gasteiger partial charge < -0.3 is 15.0 Å². The van der Waals surface area contributed by atoms with Crippen LogP contribution in [0.25, 0.3) is 11.0 Å². The topological polar surface area (TPSA) is 66.0 Å². The quantitative estimate of drug-likeness (QED) is 0.785. The van der Waals surface area contributed by atoms with Gasteiger partial charge in [-0.05, 0) is 18.9 Å². The number of hydrogen-bond acceptors (Lipinski definition) is 4. The van der Waals surface area contributed by atoms with E-state index < -0.39 is 0 Å². The number of rotatable bonds is 1. The van der Waals surface area contributed by atoms with Crippen LogP contribution in [0.4, 0.5) is 5.82 Å². The second-order valence-electron chi connectivity index (χ2n) is 4.06. The molecule has 2 N–H and O–H groups in total. The highest BCUT2D eigenvalue weighted by molar-refractivity contribution is 5.86. The van der Waals surface area contributed by atoms with Gasteiger partial charge in [-0.25, -0.2) is 9.97 Å². The lowest BCUT2D eigenvalue weighted by Gasteiger charge is -2.23. The zero-order valence-electron chi connectivity index (χ0n) is 8.97. The molecule has 0 spiro atoms. The Morgan fingerprint density at radius 3 is 2.94 bits per heavy atom. The molecule has 16 heavy (non-hydrogen) atoms. The molecular formula is C11H14N4O. The molecular weight excluding hydrogens is 204 g/mol. The van der Waals surface area contributed by atoms with E-state index in [0.29, 0.717) is 11.9 Å². The highest BCUT2D eigenvalue weighted by atomic mass is 16.5. The Morgan fingerprint density at radius 2 is 2.12 bits per heavy atom. The van der Waals surface area contributed by atoms with E-state index in [1.54, 1.807) is 0 Å². The molecule has 1 saturated heterocycles. The molecule has 0 unspecified atom stereocenters. The lowest BCUT2D eigenvalue weighted by molar-refractivity contribution is 0.0706. The van der Waals surface area contributed by atoms with Gasteiger partial charge in [-0.2, -0.15) is 0 Å². The zero-order valence-corrected chi connectivity index (χ0v) is 8.97. The van der Waals surface area contributed by atoms with Gasteiger partial charge >= 0.3 is 0 Å². The molecule has 1 fully saturated rings. The number of ether oxygens (including phenoxy) is 1. The van der Waals surface area contributed by atoms with Gasteiger partial charge in [0.05, 0.1) is 5.39 Å². The van der Waals surface area contributed by atoms with Gasteiger partial charge in [0.15, 0.2) is 0 Å². The van der Waals surface area contributed by atoms with Crippen molar-refractivity contribution < 1.29 is 4.74 Å². The van der Waals surface area contributed by atoms with Gasteiger partial charge in [0.2, 0.25) is 0 Å². The fourth-order valence-corrected chi connectivity index (χ4v) is 2.25. The van der Waals surface area contributed by atoms with E-state index in [4.69, 9.17) is 10.5 Å². The van der Waals surface area contributed by atoms with Gasteiger partial charge in [-0.1, -0.05) is 0 Å². The Labute approximate surface area is 93.2 Å². The van der Waals surface area contributed by atoms with E-state index in [1.165, 1.54) is 6.33 Å². The summed E-state index contributed by atoms with van der Waals surface area (Å²) in [5.74, 6) is 0.552. The second-order valence-corrected chi connectivity index (χ2v) is 4.06. The fourth-order valence-electron chi connectivity index (χ4n) is 2.25. The first-order valence-electron chi connectivity index (χ1n) is 5.51. The molecule has 3 heterocycles. The van der Waals surface area contributed by atoms with Crippen LogP contribution in [0.15, 0.2) is 18.6 Å². The molecule has 1 aliphatic heterocycles. The predicted molar refractivity (Wildman–Crippen MR) is 61.0 cm³/mol. The number of fused-ring (bicyclic) bond motifs is 1. The molecule has 0 bridgehead atoms. The molecule has 2 aromatic heterocycles. The Kier molecular flexibility index (Phi) is 2.25. The van der Waals surface area contributed by atoms with E-state index in [9.17, 15) is 0 Å². The Bertz CT molecular complexity index is 502. The smallest absolute Gasteiger partial charge is 0.145 e. The van der Waals surface area contributed by atoms with Gasteiger partial charge in [0.25, 0.3) is 0 Å². The SMILES string of the molecule is Nc1ncnc2c1ccn2C1CCOCC1. The average Bonchev–Trinajstić information content (AvgIpc) is 2.75. The average molecular weight is 218 g/mol. The summed E-state index contributed by atoms with van der Waals surface area (Å²) in [4.78, 5) is 8.30. The third-order valence-corrected chi connectivity index (χ3v) is 3.12. The third kappa shape index (κ3) is 1.44. The number of aromatic nitrogens is 3. The summed E-state index contributed by atoms with van der Waals surface area (Å²) in [7, 11) is 0. The Hall–Kier alpha value is -1.62. The summed E-state index contributed by atoms with van der Waals surface area (Å²) in [5, 5.41) is 0.939.